The Bertz CT molecular complexity index is 914. The highest BCUT2D eigenvalue weighted by atomic mass is 19.4. The number of carbonyl (C=O) groups excluding carboxylic acids is 1. The molecule has 2 aromatic heterocycles. The number of hydrogen-bond acceptors (Lipinski definition) is 5. The maximum atomic E-state index is 12.9. The van der Waals surface area contributed by atoms with Gasteiger partial charge in [0.05, 0.1) is 4.92 Å². The van der Waals surface area contributed by atoms with Gasteiger partial charge in [0.25, 0.3) is 0 Å². The van der Waals surface area contributed by atoms with E-state index in [9.17, 15) is 28.1 Å². The number of hydrogen-bond donors (Lipinski definition) is 1. The molecule has 0 saturated heterocycles. The summed E-state index contributed by atoms with van der Waals surface area (Å²) in [6, 6.07) is 1.10. The van der Waals surface area contributed by atoms with E-state index in [0.29, 0.717) is 12.1 Å². The van der Waals surface area contributed by atoms with Gasteiger partial charge in [-0.05, 0) is 39.2 Å². The Morgan fingerprint density at radius 2 is 2.07 bits per heavy atom. The van der Waals surface area contributed by atoms with Crippen molar-refractivity contribution in [2.24, 2.45) is 0 Å². The van der Waals surface area contributed by atoms with E-state index >= 15 is 0 Å². The van der Waals surface area contributed by atoms with Crippen molar-refractivity contribution < 1.29 is 22.9 Å². The molecule has 1 aliphatic carbocycles. The van der Waals surface area contributed by atoms with Gasteiger partial charge in [0.2, 0.25) is 5.91 Å². The minimum atomic E-state index is -4.49. The van der Waals surface area contributed by atoms with E-state index in [0.717, 1.165) is 25.1 Å². The van der Waals surface area contributed by atoms with Gasteiger partial charge in [-0.1, -0.05) is 0 Å². The van der Waals surface area contributed by atoms with Crippen molar-refractivity contribution in [2.75, 3.05) is 6.54 Å². The minimum absolute atomic E-state index is 0.114. The molecule has 1 fully saturated rings. The third-order valence-electron chi connectivity index (χ3n) is 4.84. The van der Waals surface area contributed by atoms with Gasteiger partial charge in [-0.2, -0.15) is 23.4 Å². The lowest BCUT2D eigenvalue weighted by Crippen LogP contribution is -2.45. The summed E-state index contributed by atoms with van der Waals surface area (Å²) in [6.45, 7) is 3.59. The number of rotatable bonds is 8. The number of alkyl halides is 3. The molecule has 0 spiro atoms. The van der Waals surface area contributed by atoms with Gasteiger partial charge in [-0.3, -0.25) is 24.3 Å². The summed E-state index contributed by atoms with van der Waals surface area (Å²) in [5, 5.41) is 21.0. The van der Waals surface area contributed by atoms with Crippen molar-refractivity contribution in [2.45, 2.75) is 57.3 Å². The summed E-state index contributed by atoms with van der Waals surface area (Å²) < 4.78 is 41.3. The molecule has 0 radical (unpaired) electrons. The van der Waals surface area contributed by atoms with Crippen LogP contribution in [0, 0.1) is 10.1 Å². The first-order valence-corrected chi connectivity index (χ1v) is 9.13. The highest BCUT2D eigenvalue weighted by Crippen LogP contribution is 2.42. The van der Waals surface area contributed by atoms with Crippen LogP contribution in [0.15, 0.2) is 18.5 Å². The van der Waals surface area contributed by atoms with Crippen molar-refractivity contribution in [3.8, 4) is 0 Å². The zero-order valence-electron chi connectivity index (χ0n) is 15.9. The fourth-order valence-electron chi connectivity index (χ4n) is 2.92. The summed E-state index contributed by atoms with van der Waals surface area (Å²) >= 11 is 0. The van der Waals surface area contributed by atoms with Crippen LogP contribution < -0.4 is 5.32 Å². The van der Waals surface area contributed by atoms with Crippen molar-refractivity contribution >= 4 is 11.6 Å². The average molecular weight is 414 g/mol. The van der Waals surface area contributed by atoms with Crippen molar-refractivity contribution in [1.82, 2.24) is 24.9 Å². The molecule has 0 bridgehead atoms. The lowest BCUT2D eigenvalue weighted by Gasteiger charge is -2.23. The van der Waals surface area contributed by atoms with Gasteiger partial charge < -0.3 is 5.32 Å². The first-order valence-electron chi connectivity index (χ1n) is 9.13. The van der Waals surface area contributed by atoms with Crippen LogP contribution in [0.1, 0.15) is 50.4 Å². The molecule has 0 unspecified atom stereocenters. The lowest BCUT2D eigenvalue weighted by atomic mass is 10.1. The predicted molar refractivity (Wildman–Crippen MR) is 95.0 cm³/mol. The topological polar surface area (TPSA) is 108 Å². The average Bonchev–Trinajstić information content (AvgIpc) is 3.17. The molecular weight excluding hydrogens is 393 g/mol. The quantitative estimate of drug-likeness (QED) is 0.406. The van der Waals surface area contributed by atoms with Crippen LogP contribution in [0.5, 0.6) is 0 Å². The lowest BCUT2D eigenvalue weighted by molar-refractivity contribution is -0.385. The molecule has 2 heterocycles. The number of amides is 1. The Hall–Kier alpha value is -2.92. The number of carbonyl (C=O) groups is 1. The largest absolute Gasteiger partial charge is 0.435 e. The normalized spacial score (nSPS) is 14.8. The number of aryl methyl sites for hydroxylation is 1. The van der Waals surface area contributed by atoms with E-state index in [-0.39, 0.29) is 24.7 Å². The smallest absolute Gasteiger partial charge is 0.354 e. The second kappa shape index (κ2) is 7.48. The van der Waals surface area contributed by atoms with Gasteiger partial charge in [0.15, 0.2) is 5.69 Å². The summed E-state index contributed by atoms with van der Waals surface area (Å²) in [5.41, 5.74) is -1.71. The summed E-state index contributed by atoms with van der Waals surface area (Å²) in [5.74, 6) is -0.294. The maximum Gasteiger partial charge on any atom is 0.435 e. The molecule has 1 aliphatic rings. The fourth-order valence-corrected chi connectivity index (χ4v) is 2.92. The zero-order valence-corrected chi connectivity index (χ0v) is 15.9. The molecule has 158 valence electrons. The molecule has 9 nitrogen and oxygen atoms in total. The summed E-state index contributed by atoms with van der Waals surface area (Å²) in [6.07, 6.45) is -0.165. The molecule has 2 aromatic rings. The number of nitrogens with one attached hydrogen (secondary N) is 1. The van der Waals surface area contributed by atoms with Crippen LogP contribution in [0.25, 0.3) is 0 Å². The third-order valence-corrected chi connectivity index (χ3v) is 4.84. The van der Waals surface area contributed by atoms with Gasteiger partial charge in [-0.15, -0.1) is 0 Å². The van der Waals surface area contributed by atoms with E-state index in [1.165, 1.54) is 15.6 Å². The molecule has 12 heteroatoms. The molecule has 0 aliphatic heterocycles. The maximum absolute atomic E-state index is 12.9. The number of halogens is 3. The molecule has 0 atom stereocenters. The molecule has 29 heavy (non-hydrogen) atoms. The highest BCUT2D eigenvalue weighted by molar-refractivity contribution is 5.83. The first-order chi connectivity index (χ1) is 13.5. The first kappa shape index (κ1) is 20.8. The van der Waals surface area contributed by atoms with Gasteiger partial charge in [-0.25, -0.2) is 0 Å². The van der Waals surface area contributed by atoms with Crippen molar-refractivity contribution in [3.05, 3.63) is 40.0 Å². The molecule has 1 saturated carbocycles. The predicted octanol–water partition coefficient (Wildman–Crippen LogP) is 2.83. The Morgan fingerprint density at radius 3 is 2.62 bits per heavy atom. The standard InChI is InChI=1S/C17H21F3N6O3/c1-16(2,25-10-12(9-22-25)26(28)29)15(27)21-6-3-7-24-13(11-4-5-11)8-14(23-24)17(18,19)20/h8-11H,3-7H2,1-2H3,(H,21,27). The van der Waals surface area contributed by atoms with Gasteiger partial charge in [0, 0.05) is 24.7 Å². The Balaban J connectivity index is 1.56. The third kappa shape index (κ3) is 4.57. The van der Waals surface area contributed by atoms with E-state index in [1.807, 2.05) is 0 Å². The molecular formula is C17H21F3N6O3. The highest BCUT2D eigenvalue weighted by Gasteiger charge is 2.37. The minimum Gasteiger partial charge on any atom is -0.354 e. The van der Waals surface area contributed by atoms with E-state index in [1.54, 1.807) is 13.8 Å². The fraction of sp³-hybridized carbons (Fsp3) is 0.588. The summed E-state index contributed by atoms with van der Waals surface area (Å²) in [7, 11) is 0. The Kier molecular flexibility index (Phi) is 5.37. The van der Waals surface area contributed by atoms with E-state index in [2.05, 4.69) is 15.5 Å². The van der Waals surface area contributed by atoms with Crippen LogP contribution >= 0.6 is 0 Å². The Morgan fingerprint density at radius 1 is 1.38 bits per heavy atom. The van der Waals surface area contributed by atoms with Gasteiger partial charge >= 0.3 is 11.9 Å². The number of aromatic nitrogens is 4. The van der Waals surface area contributed by atoms with Gasteiger partial charge in [0.1, 0.15) is 17.9 Å². The van der Waals surface area contributed by atoms with Crippen LogP contribution in [0.3, 0.4) is 0 Å². The molecule has 0 aromatic carbocycles. The van der Waals surface area contributed by atoms with Crippen LogP contribution in [-0.4, -0.2) is 36.9 Å². The number of nitro groups is 1. The second-order valence-electron chi connectivity index (χ2n) is 7.52. The SMILES string of the molecule is CC(C)(C(=O)NCCCn1nc(C(F)(F)F)cc1C1CC1)n1cc([N+](=O)[O-])cn1. The van der Waals surface area contributed by atoms with Crippen LogP contribution in [0.2, 0.25) is 0 Å². The van der Waals surface area contributed by atoms with E-state index in [4.69, 9.17) is 0 Å². The molecule has 1 amide bonds. The molecule has 1 N–H and O–H groups in total. The van der Waals surface area contributed by atoms with Crippen molar-refractivity contribution in [3.63, 3.8) is 0 Å². The summed E-state index contributed by atoms with van der Waals surface area (Å²) in [4.78, 5) is 22.6. The van der Waals surface area contributed by atoms with Crippen LogP contribution in [0.4, 0.5) is 18.9 Å². The Labute approximate surface area is 164 Å². The monoisotopic (exact) mass is 414 g/mol. The number of nitrogens with zero attached hydrogens (tertiary/aromatic N) is 5. The van der Waals surface area contributed by atoms with Crippen molar-refractivity contribution in [1.29, 1.82) is 0 Å². The second-order valence-corrected chi connectivity index (χ2v) is 7.52. The molecule has 3 rings (SSSR count). The van der Waals surface area contributed by atoms with E-state index < -0.39 is 28.2 Å². The van der Waals surface area contributed by atoms with Crippen LogP contribution in [-0.2, 0) is 23.1 Å². The zero-order chi connectivity index (χ0) is 21.4.